The van der Waals surface area contributed by atoms with Crippen LogP contribution in [-0.2, 0) is 9.59 Å². The van der Waals surface area contributed by atoms with Crippen LogP contribution >= 0.6 is 0 Å². The molecular formula is C31H34N4O3. The molecule has 38 heavy (non-hydrogen) atoms. The molecule has 2 amide bonds. The lowest BCUT2D eigenvalue weighted by molar-refractivity contribution is -0.120. The van der Waals surface area contributed by atoms with E-state index < -0.39 is 0 Å². The summed E-state index contributed by atoms with van der Waals surface area (Å²) < 4.78 is 0. The third-order valence-electron chi connectivity index (χ3n) is 6.80. The van der Waals surface area contributed by atoms with E-state index in [1.807, 2.05) is 61.5 Å². The first-order valence-corrected chi connectivity index (χ1v) is 12.9. The number of aromatic amines is 1. The number of amides is 2. The van der Waals surface area contributed by atoms with Crippen molar-refractivity contribution in [2.24, 2.45) is 0 Å². The van der Waals surface area contributed by atoms with Crippen LogP contribution < -0.4 is 21.5 Å². The van der Waals surface area contributed by atoms with Gasteiger partial charge in [0.15, 0.2) is 0 Å². The van der Waals surface area contributed by atoms with Crippen LogP contribution in [0.3, 0.4) is 0 Å². The Labute approximate surface area is 222 Å². The summed E-state index contributed by atoms with van der Waals surface area (Å²) in [7, 11) is 0. The van der Waals surface area contributed by atoms with Crippen LogP contribution in [-0.4, -0.2) is 23.3 Å². The van der Waals surface area contributed by atoms with Crippen LogP contribution in [0.4, 0.5) is 11.4 Å². The van der Waals surface area contributed by atoms with E-state index in [2.05, 4.69) is 46.9 Å². The molecule has 0 aliphatic carbocycles. The highest BCUT2D eigenvalue weighted by molar-refractivity contribution is 5.91. The average molecular weight is 511 g/mol. The van der Waals surface area contributed by atoms with Gasteiger partial charge in [-0.3, -0.25) is 14.4 Å². The molecular weight excluding hydrogens is 476 g/mol. The molecule has 0 bridgehead atoms. The van der Waals surface area contributed by atoms with Crippen molar-refractivity contribution in [3.8, 4) is 0 Å². The smallest absolute Gasteiger partial charge is 0.255 e. The maximum absolute atomic E-state index is 12.6. The Morgan fingerprint density at radius 2 is 1.71 bits per heavy atom. The number of nitrogens with one attached hydrogen (secondary N) is 4. The highest BCUT2D eigenvalue weighted by atomic mass is 16.2. The van der Waals surface area contributed by atoms with Gasteiger partial charge >= 0.3 is 0 Å². The highest BCUT2D eigenvalue weighted by Crippen LogP contribution is 2.24. The Balaban J connectivity index is 1.27. The molecule has 196 valence electrons. The van der Waals surface area contributed by atoms with Gasteiger partial charge in [0.2, 0.25) is 11.8 Å². The molecule has 4 rings (SSSR count). The largest absolute Gasteiger partial charge is 0.376 e. The first-order valence-electron chi connectivity index (χ1n) is 12.9. The zero-order chi connectivity index (χ0) is 27.1. The van der Waals surface area contributed by atoms with E-state index in [-0.39, 0.29) is 30.0 Å². The number of H-pyrrole nitrogens is 1. The summed E-state index contributed by atoms with van der Waals surface area (Å²) in [6, 6.07) is 22.8. The molecule has 0 unspecified atom stereocenters. The van der Waals surface area contributed by atoms with E-state index in [0.29, 0.717) is 29.1 Å². The lowest BCUT2D eigenvalue weighted by atomic mass is 9.92. The van der Waals surface area contributed by atoms with Gasteiger partial charge < -0.3 is 20.9 Å². The summed E-state index contributed by atoms with van der Waals surface area (Å²) in [5, 5.41) is 10.4. The van der Waals surface area contributed by atoms with Crippen molar-refractivity contribution >= 4 is 34.0 Å². The summed E-state index contributed by atoms with van der Waals surface area (Å²) in [6.45, 7) is 6.21. The Kier molecular flexibility index (Phi) is 8.58. The number of pyridine rings is 1. The Morgan fingerprint density at radius 1 is 0.895 bits per heavy atom. The van der Waals surface area contributed by atoms with E-state index in [9.17, 15) is 14.4 Å². The molecule has 0 radical (unpaired) electrons. The molecule has 3 aromatic carbocycles. The average Bonchev–Trinajstić information content (AvgIpc) is 2.91. The monoisotopic (exact) mass is 510 g/mol. The van der Waals surface area contributed by atoms with E-state index in [1.54, 1.807) is 12.3 Å². The number of hydrogen-bond donors (Lipinski definition) is 4. The Bertz CT molecular complexity index is 1490. The van der Waals surface area contributed by atoms with Crippen molar-refractivity contribution in [2.45, 2.75) is 45.6 Å². The van der Waals surface area contributed by atoms with Crippen molar-refractivity contribution < 1.29 is 9.59 Å². The SMILES string of the molecule is Cc1ccccc1[C@@H](C)CCC(=O)Nc1cccc([C@@H](C)NC(=O)CNc2ccc3cc[nH]c(=O)c3c2)c1. The molecule has 0 saturated heterocycles. The molecule has 0 spiro atoms. The number of hydrogen-bond acceptors (Lipinski definition) is 4. The zero-order valence-corrected chi connectivity index (χ0v) is 22.0. The van der Waals surface area contributed by atoms with Crippen molar-refractivity contribution in [2.75, 3.05) is 17.2 Å². The van der Waals surface area contributed by atoms with Gasteiger partial charge in [0, 0.05) is 29.4 Å². The molecule has 7 heteroatoms. The minimum Gasteiger partial charge on any atom is -0.376 e. The Morgan fingerprint density at radius 3 is 2.53 bits per heavy atom. The highest BCUT2D eigenvalue weighted by Gasteiger charge is 2.13. The normalized spacial score (nSPS) is 12.5. The standard InChI is InChI=1S/C31H34N4O3/c1-20-7-4-5-10-27(20)21(2)11-14-29(36)35-26-9-6-8-24(17-26)22(3)34-30(37)19-33-25-13-12-23-15-16-32-31(38)28(23)18-25/h4-10,12-13,15-18,21-22,33H,11,14,19H2,1-3H3,(H,32,38)(H,34,37)(H,35,36)/t21-,22+/m0/s1. The second-order valence-corrected chi connectivity index (χ2v) is 9.72. The summed E-state index contributed by atoms with van der Waals surface area (Å²) >= 11 is 0. The van der Waals surface area contributed by atoms with Gasteiger partial charge in [0.25, 0.3) is 5.56 Å². The van der Waals surface area contributed by atoms with Gasteiger partial charge in [0.1, 0.15) is 0 Å². The fourth-order valence-corrected chi connectivity index (χ4v) is 4.60. The van der Waals surface area contributed by atoms with E-state index in [1.165, 1.54) is 11.1 Å². The number of carbonyl (C=O) groups excluding carboxylic acids is 2. The lowest BCUT2D eigenvalue weighted by Crippen LogP contribution is -2.32. The van der Waals surface area contributed by atoms with Crippen LogP contribution in [0.25, 0.3) is 10.8 Å². The van der Waals surface area contributed by atoms with E-state index in [4.69, 9.17) is 0 Å². The van der Waals surface area contributed by atoms with Gasteiger partial charge in [-0.2, -0.15) is 0 Å². The van der Waals surface area contributed by atoms with E-state index in [0.717, 1.165) is 17.4 Å². The van der Waals surface area contributed by atoms with Crippen LogP contribution in [0.15, 0.2) is 83.8 Å². The van der Waals surface area contributed by atoms with Crippen LogP contribution in [0, 0.1) is 6.92 Å². The molecule has 7 nitrogen and oxygen atoms in total. The second-order valence-electron chi connectivity index (χ2n) is 9.72. The van der Waals surface area contributed by atoms with E-state index >= 15 is 0 Å². The summed E-state index contributed by atoms with van der Waals surface area (Å²) in [5.74, 6) is 0.0873. The first kappa shape index (κ1) is 26.7. The van der Waals surface area contributed by atoms with Gasteiger partial charge in [-0.1, -0.05) is 49.4 Å². The number of anilines is 2. The van der Waals surface area contributed by atoms with Crippen molar-refractivity contribution in [1.82, 2.24) is 10.3 Å². The number of aryl methyl sites for hydroxylation is 1. The third-order valence-corrected chi connectivity index (χ3v) is 6.80. The number of rotatable bonds is 10. The summed E-state index contributed by atoms with van der Waals surface area (Å²) in [5.41, 5.74) is 4.64. The molecule has 4 N–H and O–H groups in total. The molecule has 1 aromatic heterocycles. The van der Waals surface area contributed by atoms with Crippen LogP contribution in [0.1, 0.15) is 55.3 Å². The molecule has 0 fully saturated rings. The maximum atomic E-state index is 12.6. The summed E-state index contributed by atoms with van der Waals surface area (Å²) in [6.07, 6.45) is 2.81. The number of carbonyl (C=O) groups is 2. The minimum absolute atomic E-state index is 0.0299. The molecule has 0 aliphatic rings. The van der Waals surface area contributed by atoms with Crippen molar-refractivity contribution in [3.05, 3.63) is 106 Å². The van der Waals surface area contributed by atoms with Gasteiger partial charge in [-0.25, -0.2) is 0 Å². The van der Waals surface area contributed by atoms with Crippen LogP contribution in [0.5, 0.6) is 0 Å². The lowest BCUT2D eigenvalue weighted by Gasteiger charge is -2.17. The number of fused-ring (bicyclic) bond motifs is 1. The molecule has 0 aliphatic heterocycles. The maximum Gasteiger partial charge on any atom is 0.255 e. The van der Waals surface area contributed by atoms with Gasteiger partial charge in [0.05, 0.1) is 12.6 Å². The molecule has 0 saturated carbocycles. The third kappa shape index (κ3) is 6.88. The van der Waals surface area contributed by atoms with Gasteiger partial charge in [-0.05, 0) is 78.6 Å². The fraction of sp³-hybridized carbons (Fsp3) is 0.258. The second kappa shape index (κ2) is 12.2. The summed E-state index contributed by atoms with van der Waals surface area (Å²) in [4.78, 5) is 39.8. The first-order chi connectivity index (χ1) is 18.3. The van der Waals surface area contributed by atoms with Crippen molar-refractivity contribution in [1.29, 1.82) is 0 Å². The predicted octanol–water partition coefficient (Wildman–Crippen LogP) is 5.65. The minimum atomic E-state index is -0.248. The quantitative estimate of drug-likeness (QED) is 0.221. The molecule has 2 atom stereocenters. The van der Waals surface area contributed by atoms with Crippen LogP contribution in [0.2, 0.25) is 0 Å². The van der Waals surface area contributed by atoms with Crippen molar-refractivity contribution in [3.63, 3.8) is 0 Å². The van der Waals surface area contributed by atoms with Gasteiger partial charge in [-0.15, -0.1) is 0 Å². The topological polar surface area (TPSA) is 103 Å². The molecule has 4 aromatic rings. The number of aromatic nitrogens is 1. The fourth-order valence-electron chi connectivity index (χ4n) is 4.60. The predicted molar refractivity (Wildman–Crippen MR) is 154 cm³/mol. The zero-order valence-electron chi connectivity index (χ0n) is 22.0. The number of benzene rings is 3. The molecule has 1 heterocycles. The Hall–Kier alpha value is -4.39.